The fourth-order valence-electron chi connectivity index (χ4n) is 4.27. The molecule has 0 spiro atoms. The summed E-state index contributed by atoms with van der Waals surface area (Å²) in [5.74, 6) is 0.946. The van der Waals surface area contributed by atoms with Crippen LogP contribution in [0, 0.1) is 0 Å². The van der Waals surface area contributed by atoms with Crippen LogP contribution in [0.15, 0.2) is 42.6 Å². The molecule has 2 N–H and O–H groups in total. The van der Waals surface area contributed by atoms with Gasteiger partial charge in [0.05, 0.1) is 16.6 Å². The van der Waals surface area contributed by atoms with Gasteiger partial charge in [0, 0.05) is 25.1 Å². The van der Waals surface area contributed by atoms with Crippen molar-refractivity contribution in [2.75, 3.05) is 5.32 Å². The summed E-state index contributed by atoms with van der Waals surface area (Å²) in [7, 11) is 0. The van der Waals surface area contributed by atoms with Crippen LogP contribution in [-0.4, -0.2) is 33.4 Å². The number of rotatable bonds is 5. The van der Waals surface area contributed by atoms with Crippen molar-refractivity contribution >= 4 is 22.3 Å². The smallest absolute Gasteiger partial charge is 0.360 e. The number of aromatic nitrogens is 3. The van der Waals surface area contributed by atoms with Crippen molar-refractivity contribution in [2.45, 2.75) is 83.5 Å². The number of H-pyrrole nitrogens is 1. The molecule has 2 fully saturated rings. The number of pyridine rings is 1. The Morgan fingerprint density at radius 3 is 2.38 bits per heavy atom. The van der Waals surface area contributed by atoms with E-state index in [4.69, 9.17) is 0 Å². The molecule has 1 aliphatic carbocycles. The zero-order valence-electron chi connectivity index (χ0n) is 19.6. The molecule has 186 valence electrons. The number of halogens is 4. The lowest BCUT2D eigenvalue weighted by Crippen LogP contribution is -2.37. The maximum atomic E-state index is 12.0. The Morgan fingerprint density at radius 1 is 1.12 bits per heavy atom. The van der Waals surface area contributed by atoms with E-state index in [9.17, 15) is 17.6 Å². The minimum Gasteiger partial charge on any atom is -0.367 e. The maximum absolute atomic E-state index is 12.0. The standard InChI is InChI=1S/C20H26N4.C5H6F4O/c1-4-8-14(2)13-15(3)19-18-17(23-24-19)11-12-21-20(18)22-16-9-6-5-7-10-16;6-4(7)2-1-3-5(8,9)10-4/h4,8,11-13,16H,1,5-7,9-10H2,2-3H3,(H,21,22)(H,23,24);1-3H2/b14-8-,15-13+;. The normalized spacial score (nSPS) is 21.0. The summed E-state index contributed by atoms with van der Waals surface area (Å²) >= 11 is 0. The molecule has 0 radical (unpaired) electrons. The van der Waals surface area contributed by atoms with Crippen LogP contribution in [0.5, 0.6) is 0 Å². The molecule has 1 aliphatic heterocycles. The van der Waals surface area contributed by atoms with Crippen LogP contribution in [0.25, 0.3) is 16.5 Å². The van der Waals surface area contributed by atoms with Crippen LogP contribution in [0.4, 0.5) is 23.4 Å². The van der Waals surface area contributed by atoms with E-state index < -0.39 is 25.1 Å². The zero-order valence-corrected chi connectivity index (χ0v) is 19.6. The lowest BCUT2D eigenvalue weighted by Gasteiger charge is -2.28. The number of fused-ring (bicyclic) bond motifs is 1. The maximum Gasteiger partial charge on any atom is 0.360 e. The third-order valence-electron chi connectivity index (χ3n) is 5.85. The topological polar surface area (TPSA) is 62.8 Å². The molecule has 9 heteroatoms. The zero-order chi connectivity index (χ0) is 24.8. The predicted molar refractivity (Wildman–Crippen MR) is 127 cm³/mol. The van der Waals surface area contributed by atoms with Gasteiger partial charge in [0.25, 0.3) is 0 Å². The van der Waals surface area contributed by atoms with Gasteiger partial charge in [0.15, 0.2) is 0 Å². The molecule has 0 bridgehead atoms. The lowest BCUT2D eigenvalue weighted by atomic mass is 9.95. The largest absolute Gasteiger partial charge is 0.367 e. The molecular weight excluding hydrogens is 448 g/mol. The average molecular weight is 481 g/mol. The molecule has 0 aromatic carbocycles. The molecule has 34 heavy (non-hydrogen) atoms. The first-order valence-electron chi connectivity index (χ1n) is 11.6. The number of hydrogen-bond acceptors (Lipinski definition) is 4. The van der Waals surface area contributed by atoms with Crippen LogP contribution in [0.1, 0.15) is 70.9 Å². The number of hydrogen-bond donors (Lipinski definition) is 2. The number of nitrogens with one attached hydrogen (secondary N) is 2. The Bertz CT molecular complexity index is 1020. The van der Waals surface area contributed by atoms with E-state index in [1.54, 1.807) is 6.08 Å². The third-order valence-corrected chi connectivity index (χ3v) is 5.85. The summed E-state index contributed by atoms with van der Waals surface area (Å²) in [4.78, 5) is 4.60. The highest BCUT2D eigenvalue weighted by molar-refractivity contribution is 5.97. The Kier molecular flexibility index (Phi) is 8.52. The molecule has 2 aromatic rings. The van der Waals surface area contributed by atoms with Gasteiger partial charge in [-0.05, 0) is 44.7 Å². The minimum atomic E-state index is -3.64. The second kappa shape index (κ2) is 11.2. The number of nitrogens with zero attached hydrogens (tertiary/aromatic N) is 2. The van der Waals surface area contributed by atoms with Crippen LogP contribution in [0.3, 0.4) is 0 Å². The predicted octanol–water partition coefficient (Wildman–Crippen LogP) is 7.61. The van der Waals surface area contributed by atoms with Crippen LogP contribution in [-0.2, 0) is 4.74 Å². The van der Waals surface area contributed by atoms with E-state index in [2.05, 4.69) is 51.7 Å². The molecular formula is C25H32F4N4O. The van der Waals surface area contributed by atoms with Crippen LogP contribution in [0.2, 0.25) is 0 Å². The monoisotopic (exact) mass is 480 g/mol. The van der Waals surface area contributed by atoms with Crippen molar-refractivity contribution in [3.63, 3.8) is 0 Å². The van der Waals surface area contributed by atoms with Gasteiger partial charge in [-0.1, -0.05) is 49.6 Å². The first-order valence-corrected chi connectivity index (χ1v) is 11.6. The highest BCUT2D eigenvalue weighted by Crippen LogP contribution is 2.39. The fraction of sp³-hybridized carbons (Fsp3) is 0.520. The molecule has 1 saturated heterocycles. The van der Waals surface area contributed by atoms with E-state index in [0.717, 1.165) is 33.6 Å². The molecule has 4 rings (SSSR count). The number of anilines is 1. The molecule has 0 amide bonds. The number of allylic oxidation sites excluding steroid dienone is 5. The second-order valence-corrected chi connectivity index (χ2v) is 8.84. The number of alkyl halides is 4. The second-order valence-electron chi connectivity index (χ2n) is 8.84. The Morgan fingerprint density at radius 2 is 1.79 bits per heavy atom. The SMILES string of the molecule is C=C/C=C(C)\C=C(/C)c1n[nH]c2ccnc(NC3CCCCC3)c12.FC1(F)CCCC(F)(F)O1. The Labute approximate surface area is 197 Å². The highest BCUT2D eigenvalue weighted by Gasteiger charge is 2.47. The summed E-state index contributed by atoms with van der Waals surface area (Å²) in [5, 5.41) is 12.4. The van der Waals surface area contributed by atoms with Crippen molar-refractivity contribution < 1.29 is 22.3 Å². The Balaban J connectivity index is 0.000000271. The van der Waals surface area contributed by atoms with Gasteiger partial charge in [-0.25, -0.2) is 4.98 Å². The molecule has 2 aliphatic rings. The van der Waals surface area contributed by atoms with Gasteiger partial charge < -0.3 is 5.32 Å². The third kappa shape index (κ3) is 7.16. The van der Waals surface area contributed by atoms with E-state index in [1.165, 1.54) is 32.1 Å². The van der Waals surface area contributed by atoms with Gasteiger partial charge in [0.2, 0.25) is 0 Å². The minimum absolute atomic E-state index is 0.194. The summed E-state index contributed by atoms with van der Waals surface area (Å²) in [5.41, 5.74) is 4.27. The van der Waals surface area contributed by atoms with E-state index in [1.807, 2.05) is 18.3 Å². The number of ether oxygens (including phenoxy) is 1. The van der Waals surface area contributed by atoms with Crippen LogP contribution >= 0.6 is 0 Å². The first kappa shape index (κ1) is 25.9. The summed E-state index contributed by atoms with van der Waals surface area (Å²) in [6, 6.07) is 2.50. The highest BCUT2D eigenvalue weighted by atomic mass is 19.3. The summed E-state index contributed by atoms with van der Waals surface area (Å²) < 4.78 is 51.2. The lowest BCUT2D eigenvalue weighted by molar-refractivity contribution is -0.396. The van der Waals surface area contributed by atoms with Gasteiger partial charge >= 0.3 is 12.2 Å². The van der Waals surface area contributed by atoms with Gasteiger partial charge in [-0.2, -0.15) is 22.7 Å². The van der Waals surface area contributed by atoms with Gasteiger partial charge in [-0.15, -0.1) is 0 Å². The van der Waals surface area contributed by atoms with Crippen molar-refractivity contribution in [3.8, 4) is 0 Å². The molecule has 0 atom stereocenters. The van der Waals surface area contributed by atoms with Crippen molar-refractivity contribution in [3.05, 3.63) is 48.3 Å². The molecule has 5 nitrogen and oxygen atoms in total. The van der Waals surface area contributed by atoms with Crippen molar-refractivity contribution in [2.24, 2.45) is 0 Å². The average Bonchev–Trinajstić information content (AvgIpc) is 3.19. The summed E-state index contributed by atoms with van der Waals surface area (Å²) in [6.07, 6.45) is 5.50. The quantitative estimate of drug-likeness (QED) is 0.341. The molecule has 0 unspecified atom stereocenters. The van der Waals surface area contributed by atoms with E-state index in [0.29, 0.717) is 6.04 Å². The van der Waals surface area contributed by atoms with E-state index >= 15 is 0 Å². The van der Waals surface area contributed by atoms with Gasteiger partial charge in [0.1, 0.15) is 5.82 Å². The van der Waals surface area contributed by atoms with E-state index in [-0.39, 0.29) is 6.42 Å². The van der Waals surface area contributed by atoms with Gasteiger partial charge in [-0.3, -0.25) is 9.84 Å². The molecule has 1 saturated carbocycles. The summed E-state index contributed by atoms with van der Waals surface area (Å²) in [6.45, 7) is 7.91. The molecule has 2 aromatic heterocycles. The number of aromatic amines is 1. The van der Waals surface area contributed by atoms with Crippen molar-refractivity contribution in [1.82, 2.24) is 15.2 Å². The van der Waals surface area contributed by atoms with Crippen LogP contribution < -0.4 is 5.32 Å². The Hall–Kier alpha value is -2.68. The fourth-order valence-corrected chi connectivity index (χ4v) is 4.27. The first-order chi connectivity index (χ1) is 16.1. The van der Waals surface area contributed by atoms with Crippen molar-refractivity contribution in [1.29, 1.82) is 0 Å². The molecule has 3 heterocycles.